The van der Waals surface area contributed by atoms with Gasteiger partial charge in [0.2, 0.25) is 0 Å². The zero-order valence-electron chi connectivity index (χ0n) is 12.0. The van der Waals surface area contributed by atoms with E-state index in [0.29, 0.717) is 5.02 Å². The summed E-state index contributed by atoms with van der Waals surface area (Å²) in [5.74, 6) is 4.39. The molecule has 2 aromatic carbocycles. The molecule has 0 saturated carbocycles. The molecule has 10 heteroatoms. The normalized spacial score (nSPS) is 11.2. The number of hydrazine groups is 1. The van der Waals surface area contributed by atoms with Gasteiger partial charge in [-0.1, -0.05) is 39.1 Å². The van der Waals surface area contributed by atoms with Crippen LogP contribution < -0.4 is 15.6 Å². The molecule has 0 heterocycles. The van der Waals surface area contributed by atoms with Gasteiger partial charge in [-0.15, -0.1) is 0 Å². The van der Waals surface area contributed by atoms with Gasteiger partial charge < -0.3 is 0 Å². The monoisotopic (exact) mass is 451 g/mol. The number of halogens is 3. The van der Waals surface area contributed by atoms with E-state index in [9.17, 15) is 13.2 Å². The summed E-state index contributed by atoms with van der Waals surface area (Å²) >= 11 is 15.2. The highest BCUT2D eigenvalue weighted by molar-refractivity contribution is 9.10. The lowest BCUT2D eigenvalue weighted by Crippen LogP contribution is -2.43. The van der Waals surface area contributed by atoms with Crippen molar-refractivity contribution in [1.29, 1.82) is 0 Å². The molecule has 3 N–H and O–H groups in total. The molecule has 0 atom stereocenters. The predicted molar refractivity (Wildman–Crippen MR) is 97.5 cm³/mol. The molecule has 1 amide bonds. The Labute approximate surface area is 157 Å². The van der Waals surface area contributed by atoms with Crippen molar-refractivity contribution in [1.82, 2.24) is 5.43 Å². The second kappa shape index (κ2) is 7.71. The van der Waals surface area contributed by atoms with E-state index in [2.05, 4.69) is 15.9 Å². The standard InChI is InChI=1S/C14H12BrCl2N3O3S/c15-9-1-4-11(5-2-9)24(22,23)20(8-14(21)19-18)13-6-3-10(16)7-12(13)17/h1-7H,8,18H2,(H,19,21). The van der Waals surface area contributed by atoms with Gasteiger partial charge >= 0.3 is 0 Å². The SMILES string of the molecule is NNC(=O)CN(c1ccc(Cl)cc1Cl)S(=O)(=O)c1ccc(Br)cc1. The average Bonchev–Trinajstić information content (AvgIpc) is 2.53. The van der Waals surface area contributed by atoms with Gasteiger partial charge in [0.05, 0.1) is 15.6 Å². The van der Waals surface area contributed by atoms with Crippen molar-refractivity contribution in [2.75, 3.05) is 10.8 Å². The maximum Gasteiger partial charge on any atom is 0.264 e. The van der Waals surface area contributed by atoms with Crippen molar-refractivity contribution in [3.05, 3.63) is 57.0 Å². The molecular weight excluding hydrogens is 441 g/mol. The van der Waals surface area contributed by atoms with Crippen LogP contribution in [0.15, 0.2) is 51.8 Å². The number of nitrogens with zero attached hydrogens (tertiary/aromatic N) is 1. The highest BCUT2D eigenvalue weighted by Crippen LogP contribution is 2.32. The number of sulfonamides is 1. The molecular formula is C14H12BrCl2N3O3S. The second-order valence-corrected chi connectivity index (χ2v) is 8.25. The third-order valence-electron chi connectivity index (χ3n) is 3.03. The molecule has 0 bridgehead atoms. The van der Waals surface area contributed by atoms with Crippen molar-refractivity contribution in [2.45, 2.75) is 4.90 Å². The molecule has 0 aliphatic heterocycles. The van der Waals surface area contributed by atoms with Crippen LogP contribution in [0.3, 0.4) is 0 Å². The second-order valence-electron chi connectivity index (χ2n) is 4.63. The molecule has 128 valence electrons. The number of benzene rings is 2. The minimum atomic E-state index is -4.04. The van der Waals surface area contributed by atoms with Crippen LogP contribution in [0.25, 0.3) is 0 Å². The Hall–Kier alpha value is -1.32. The lowest BCUT2D eigenvalue weighted by molar-refractivity contribution is -0.119. The van der Waals surface area contributed by atoms with Crippen LogP contribution >= 0.6 is 39.1 Å². The molecule has 0 fully saturated rings. The van der Waals surface area contributed by atoms with Gasteiger partial charge in [-0.05, 0) is 42.5 Å². The van der Waals surface area contributed by atoms with Crippen LogP contribution in [0.5, 0.6) is 0 Å². The predicted octanol–water partition coefficient (Wildman–Crippen LogP) is 2.94. The topological polar surface area (TPSA) is 92.5 Å². The van der Waals surface area contributed by atoms with Crippen LogP contribution in [0.2, 0.25) is 10.0 Å². The van der Waals surface area contributed by atoms with Gasteiger partial charge in [-0.3, -0.25) is 14.5 Å². The first-order chi connectivity index (χ1) is 11.3. The number of nitrogens with two attached hydrogens (primary N) is 1. The number of rotatable bonds is 5. The Morgan fingerprint density at radius 3 is 2.33 bits per heavy atom. The van der Waals surface area contributed by atoms with Gasteiger partial charge in [-0.2, -0.15) is 0 Å². The van der Waals surface area contributed by atoms with Gasteiger partial charge in [0.25, 0.3) is 15.9 Å². The fourth-order valence-electron chi connectivity index (χ4n) is 1.89. The van der Waals surface area contributed by atoms with Crippen molar-refractivity contribution in [3.8, 4) is 0 Å². The fourth-order valence-corrected chi connectivity index (χ4v) is 4.16. The first kappa shape index (κ1) is 19.0. The summed E-state index contributed by atoms with van der Waals surface area (Å²) in [5.41, 5.74) is 2.03. The third-order valence-corrected chi connectivity index (χ3v) is 5.87. The Balaban J connectivity index is 2.57. The Bertz CT molecular complexity index is 860. The summed E-state index contributed by atoms with van der Waals surface area (Å²) in [6, 6.07) is 10.3. The van der Waals surface area contributed by atoms with Crippen LogP contribution in [-0.2, 0) is 14.8 Å². The molecule has 0 saturated heterocycles. The quantitative estimate of drug-likeness (QED) is 0.414. The first-order valence-electron chi connectivity index (χ1n) is 6.48. The largest absolute Gasteiger partial charge is 0.293 e. The summed E-state index contributed by atoms with van der Waals surface area (Å²) in [6.07, 6.45) is 0. The molecule has 0 radical (unpaired) electrons. The fraction of sp³-hybridized carbons (Fsp3) is 0.0714. The molecule has 0 spiro atoms. The van der Waals surface area contributed by atoms with Crippen LogP contribution in [0, 0.1) is 0 Å². The number of carbonyl (C=O) groups excluding carboxylic acids is 1. The number of amides is 1. The first-order valence-corrected chi connectivity index (χ1v) is 9.47. The summed E-state index contributed by atoms with van der Waals surface area (Å²) in [4.78, 5) is 11.7. The van der Waals surface area contributed by atoms with Crippen LogP contribution in [-0.4, -0.2) is 20.9 Å². The summed E-state index contributed by atoms with van der Waals surface area (Å²) < 4.78 is 27.5. The van der Waals surface area contributed by atoms with Gasteiger partial charge in [0.1, 0.15) is 6.54 Å². The zero-order valence-corrected chi connectivity index (χ0v) is 16.0. The van der Waals surface area contributed by atoms with E-state index in [1.165, 1.54) is 30.3 Å². The number of nitrogens with one attached hydrogen (secondary N) is 1. The molecule has 0 aliphatic carbocycles. The molecule has 2 rings (SSSR count). The molecule has 24 heavy (non-hydrogen) atoms. The summed E-state index contributed by atoms with van der Waals surface area (Å²) in [5, 5.41) is 0.432. The van der Waals surface area contributed by atoms with E-state index in [1.54, 1.807) is 12.1 Å². The smallest absolute Gasteiger partial charge is 0.264 e. The lowest BCUT2D eigenvalue weighted by atomic mass is 10.3. The molecule has 0 unspecified atom stereocenters. The van der Waals surface area contributed by atoms with Crippen molar-refractivity contribution < 1.29 is 13.2 Å². The van der Waals surface area contributed by atoms with E-state index < -0.39 is 22.5 Å². The molecule has 0 aromatic heterocycles. The summed E-state index contributed by atoms with van der Waals surface area (Å²) in [7, 11) is -4.04. The third kappa shape index (κ3) is 4.20. The Kier molecular flexibility index (Phi) is 6.11. The summed E-state index contributed by atoms with van der Waals surface area (Å²) in [6.45, 7) is -0.531. The van der Waals surface area contributed by atoms with Crippen molar-refractivity contribution in [2.24, 2.45) is 5.84 Å². The number of hydrogen-bond acceptors (Lipinski definition) is 4. The van der Waals surface area contributed by atoms with Gasteiger partial charge in [0.15, 0.2) is 0 Å². The number of hydrogen-bond donors (Lipinski definition) is 2. The Morgan fingerprint density at radius 2 is 1.79 bits per heavy atom. The maximum atomic E-state index is 12.9. The number of anilines is 1. The maximum absolute atomic E-state index is 12.9. The highest BCUT2D eigenvalue weighted by atomic mass is 79.9. The lowest BCUT2D eigenvalue weighted by Gasteiger charge is -2.24. The van der Waals surface area contributed by atoms with Crippen molar-refractivity contribution in [3.63, 3.8) is 0 Å². The number of carbonyl (C=O) groups is 1. The molecule has 0 aliphatic rings. The Morgan fingerprint density at radius 1 is 1.17 bits per heavy atom. The van der Waals surface area contributed by atoms with E-state index >= 15 is 0 Å². The van der Waals surface area contributed by atoms with E-state index in [-0.39, 0.29) is 15.6 Å². The van der Waals surface area contributed by atoms with E-state index in [0.717, 1.165) is 8.78 Å². The minimum Gasteiger partial charge on any atom is -0.293 e. The van der Waals surface area contributed by atoms with Crippen LogP contribution in [0.4, 0.5) is 5.69 Å². The molecule has 6 nitrogen and oxygen atoms in total. The van der Waals surface area contributed by atoms with Gasteiger partial charge in [-0.25, -0.2) is 14.3 Å². The highest BCUT2D eigenvalue weighted by Gasteiger charge is 2.28. The van der Waals surface area contributed by atoms with Crippen LogP contribution in [0.1, 0.15) is 0 Å². The minimum absolute atomic E-state index is 0.00142. The van der Waals surface area contributed by atoms with E-state index in [1.807, 2.05) is 5.43 Å². The van der Waals surface area contributed by atoms with Crippen molar-refractivity contribution >= 4 is 60.7 Å². The zero-order chi connectivity index (χ0) is 17.9. The van der Waals surface area contributed by atoms with Gasteiger partial charge in [0, 0.05) is 9.50 Å². The van der Waals surface area contributed by atoms with E-state index in [4.69, 9.17) is 29.0 Å². The average molecular weight is 453 g/mol. The molecule has 2 aromatic rings.